The molecule has 1 amide bonds. The third-order valence-corrected chi connectivity index (χ3v) is 2.82. The van der Waals surface area contributed by atoms with Gasteiger partial charge in [-0.25, -0.2) is 0 Å². The molecule has 0 saturated heterocycles. The van der Waals surface area contributed by atoms with E-state index in [9.17, 15) is 4.79 Å². The van der Waals surface area contributed by atoms with Gasteiger partial charge in [-0.2, -0.15) is 0 Å². The van der Waals surface area contributed by atoms with Gasteiger partial charge in [-0.3, -0.25) is 4.79 Å². The van der Waals surface area contributed by atoms with Crippen LogP contribution < -0.4 is 5.32 Å². The molecular formula is C15H19NO2. The Morgan fingerprint density at radius 2 is 1.89 bits per heavy atom. The van der Waals surface area contributed by atoms with Crippen LogP contribution in [-0.2, 0) is 0 Å². The number of aliphatic hydroxyl groups excluding tert-OH is 1. The number of rotatable bonds is 3. The summed E-state index contributed by atoms with van der Waals surface area (Å²) in [5.41, 5.74) is 1.41. The smallest absolute Gasteiger partial charge is 0.251 e. The van der Waals surface area contributed by atoms with Gasteiger partial charge in [0.2, 0.25) is 0 Å². The second kappa shape index (κ2) is 6.83. The molecular weight excluding hydrogens is 226 g/mol. The van der Waals surface area contributed by atoms with Gasteiger partial charge in [0, 0.05) is 17.2 Å². The Labute approximate surface area is 108 Å². The molecule has 96 valence electrons. The highest BCUT2D eigenvalue weighted by atomic mass is 16.2. The minimum Gasteiger partial charge on any atom is -0.384 e. The van der Waals surface area contributed by atoms with Crippen LogP contribution in [0.25, 0.3) is 0 Å². The molecule has 1 rings (SSSR count). The average molecular weight is 245 g/mol. The third-order valence-electron chi connectivity index (χ3n) is 2.82. The molecule has 1 atom stereocenters. The zero-order chi connectivity index (χ0) is 13.5. The van der Waals surface area contributed by atoms with Crippen LogP contribution in [0.3, 0.4) is 0 Å². The highest BCUT2D eigenvalue weighted by Crippen LogP contribution is 2.06. The Morgan fingerprint density at radius 1 is 1.28 bits per heavy atom. The number of carbonyl (C=O) groups is 1. The van der Waals surface area contributed by atoms with Crippen molar-refractivity contribution in [3.05, 3.63) is 35.4 Å². The van der Waals surface area contributed by atoms with Gasteiger partial charge < -0.3 is 10.4 Å². The Morgan fingerprint density at radius 3 is 2.39 bits per heavy atom. The van der Waals surface area contributed by atoms with Crippen molar-refractivity contribution in [1.29, 1.82) is 0 Å². The summed E-state index contributed by atoms with van der Waals surface area (Å²) < 4.78 is 0. The Hall–Kier alpha value is -1.79. The molecule has 2 N–H and O–H groups in total. The average Bonchev–Trinajstić information content (AvgIpc) is 2.36. The summed E-state index contributed by atoms with van der Waals surface area (Å²) in [5, 5.41) is 11.5. The second-order valence-corrected chi connectivity index (χ2v) is 4.54. The van der Waals surface area contributed by atoms with Crippen LogP contribution in [0.15, 0.2) is 24.3 Å². The van der Waals surface area contributed by atoms with Gasteiger partial charge in [0.15, 0.2) is 0 Å². The maximum absolute atomic E-state index is 11.9. The number of amides is 1. The van der Waals surface area contributed by atoms with Crippen molar-refractivity contribution in [3.8, 4) is 11.8 Å². The van der Waals surface area contributed by atoms with Gasteiger partial charge in [-0.1, -0.05) is 25.7 Å². The van der Waals surface area contributed by atoms with Crippen LogP contribution in [0.2, 0.25) is 0 Å². The molecule has 3 nitrogen and oxygen atoms in total. The van der Waals surface area contributed by atoms with Crippen molar-refractivity contribution < 1.29 is 9.90 Å². The summed E-state index contributed by atoms with van der Waals surface area (Å²) in [6.07, 6.45) is 0. The lowest BCUT2D eigenvalue weighted by Crippen LogP contribution is -2.36. The first-order chi connectivity index (χ1) is 8.54. The summed E-state index contributed by atoms with van der Waals surface area (Å²) in [4.78, 5) is 11.9. The van der Waals surface area contributed by atoms with Crippen molar-refractivity contribution in [2.45, 2.75) is 26.8 Å². The highest BCUT2D eigenvalue weighted by molar-refractivity contribution is 5.94. The van der Waals surface area contributed by atoms with Crippen LogP contribution in [0.5, 0.6) is 0 Å². The molecule has 0 saturated carbocycles. The first-order valence-electron chi connectivity index (χ1n) is 6.05. The molecule has 0 aliphatic carbocycles. The number of hydrogen-bond acceptors (Lipinski definition) is 2. The summed E-state index contributed by atoms with van der Waals surface area (Å²) in [7, 11) is 0. The van der Waals surface area contributed by atoms with E-state index < -0.39 is 0 Å². The monoisotopic (exact) mass is 245 g/mol. The van der Waals surface area contributed by atoms with E-state index in [0.717, 1.165) is 5.56 Å². The van der Waals surface area contributed by atoms with E-state index in [1.807, 2.05) is 6.92 Å². The van der Waals surface area contributed by atoms with Crippen molar-refractivity contribution in [3.63, 3.8) is 0 Å². The van der Waals surface area contributed by atoms with Gasteiger partial charge in [0.05, 0.1) is 0 Å². The molecule has 0 fully saturated rings. The van der Waals surface area contributed by atoms with E-state index in [1.165, 1.54) is 0 Å². The molecule has 1 aromatic rings. The topological polar surface area (TPSA) is 49.3 Å². The zero-order valence-corrected chi connectivity index (χ0v) is 11.0. The highest BCUT2D eigenvalue weighted by Gasteiger charge is 2.11. The van der Waals surface area contributed by atoms with Crippen molar-refractivity contribution in [2.24, 2.45) is 5.92 Å². The van der Waals surface area contributed by atoms with Crippen LogP contribution in [0.4, 0.5) is 0 Å². The fourth-order valence-corrected chi connectivity index (χ4v) is 1.30. The fourth-order valence-electron chi connectivity index (χ4n) is 1.30. The van der Waals surface area contributed by atoms with Crippen LogP contribution in [-0.4, -0.2) is 23.7 Å². The Kier molecular flexibility index (Phi) is 5.41. The summed E-state index contributed by atoms with van der Waals surface area (Å²) in [6, 6.07) is 7.18. The summed E-state index contributed by atoms with van der Waals surface area (Å²) >= 11 is 0. The lowest BCUT2D eigenvalue weighted by Gasteiger charge is -2.17. The van der Waals surface area contributed by atoms with Gasteiger partial charge in [-0.15, -0.1) is 0 Å². The number of hydrogen-bond donors (Lipinski definition) is 2. The summed E-state index contributed by atoms with van der Waals surface area (Å²) in [5.74, 6) is 5.69. The van der Waals surface area contributed by atoms with Gasteiger partial charge in [0.1, 0.15) is 6.61 Å². The Bertz CT molecular complexity index is 452. The number of aliphatic hydroxyl groups is 1. The SMILES string of the molecule is CC(C)C(C)NC(=O)c1ccc(C#CCO)cc1. The van der Waals surface area contributed by atoms with E-state index in [4.69, 9.17) is 5.11 Å². The predicted octanol–water partition coefficient (Wildman–Crippen LogP) is 1.80. The van der Waals surface area contributed by atoms with E-state index in [0.29, 0.717) is 11.5 Å². The third kappa shape index (κ3) is 4.23. The molecule has 0 bridgehead atoms. The predicted molar refractivity (Wildman–Crippen MR) is 72.2 cm³/mol. The van der Waals surface area contributed by atoms with Crippen molar-refractivity contribution in [2.75, 3.05) is 6.61 Å². The van der Waals surface area contributed by atoms with Crippen LogP contribution in [0.1, 0.15) is 36.7 Å². The largest absolute Gasteiger partial charge is 0.384 e. The first-order valence-corrected chi connectivity index (χ1v) is 6.05. The minimum atomic E-state index is -0.159. The normalized spacial score (nSPS) is 11.6. The molecule has 0 aliphatic heterocycles. The first kappa shape index (κ1) is 14.3. The molecule has 0 radical (unpaired) electrons. The molecule has 0 spiro atoms. The number of benzene rings is 1. The Balaban J connectivity index is 2.70. The molecule has 0 aromatic heterocycles. The van der Waals surface area contributed by atoms with Crippen LogP contribution >= 0.6 is 0 Å². The van der Waals surface area contributed by atoms with Gasteiger partial charge >= 0.3 is 0 Å². The fraction of sp³-hybridized carbons (Fsp3) is 0.400. The number of carbonyl (C=O) groups excluding carboxylic acids is 1. The van der Waals surface area contributed by atoms with Crippen molar-refractivity contribution >= 4 is 5.91 Å². The lowest BCUT2D eigenvalue weighted by atomic mass is 10.1. The van der Waals surface area contributed by atoms with Gasteiger partial charge in [-0.05, 0) is 37.1 Å². The molecule has 1 aromatic carbocycles. The quantitative estimate of drug-likeness (QED) is 0.798. The second-order valence-electron chi connectivity index (χ2n) is 4.54. The van der Waals surface area contributed by atoms with Crippen molar-refractivity contribution in [1.82, 2.24) is 5.32 Å². The minimum absolute atomic E-state index is 0.0714. The van der Waals surface area contributed by atoms with E-state index in [1.54, 1.807) is 24.3 Å². The molecule has 3 heteroatoms. The van der Waals surface area contributed by atoms with E-state index in [-0.39, 0.29) is 18.6 Å². The van der Waals surface area contributed by atoms with E-state index in [2.05, 4.69) is 31.0 Å². The number of nitrogens with one attached hydrogen (secondary N) is 1. The summed E-state index contributed by atoms with van der Waals surface area (Å²) in [6.45, 7) is 5.97. The molecule has 0 aliphatic rings. The lowest BCUT2D eigenvalue weighted by molar-refractivity contribution is 0.0930. The van der Waals surface area contributed by atoms with Crippen LogP contribution in [0, 0.1) is 17.8 Å². The molecule has 18 heavy (non-hydrogen) atoms. The maximum Gasteiger partial charge on any atom is 0.251 e. The molecule has 1 unspecified atom stereocenters. The van der Waals surface area contributed by atoms with E-state index >= 15 is 0 Å². The maximum atomic E-state index is 11.9. The zero-order valence-electron chi connectivity index (χ0n) is 11.0. The van der Waals surface area contributed by atoms with Gasteiger partial charge in [0.25, 0.3) is 5.91 Å². The molecule has 0 heterocycles. The standard InChI is InChI=1S/C15H19NO2/c1-11(2)12(3)16-15(18)14-8-6-13(7-9-14)5-4-10-17/h6-9,11-12,17H,10H2,1-3H3,(H,16,18).